The second-order valence-electron chi connectivity index (χ2n) is 9.97. The number of rotatable bonds is 6. The Kier molecular flexibility index (Phi) is 5.62. The number of ether oxygens (including phenoxy) is 1. The van der Waals surface area contributed by atoms with Crippen molar-refractivity contribution in [2.75, 3.05) is 16.8 Å². The van der Waals surface area contributed by atoms with Crippen molar-refractivity contribution in [3.63, 3.8) is 0 Å². The first kappa shape index (κ1) is 23.1. The molecule has 3 fully saturated rings. The first-order valence-electron chi connectivity index (χ1n) is 12.3. The summed E-state index contributed by atoms with van der Waals surface area (Å²) in [5, 5.41) is 6.11. The predicted molar refractivity (Wildman–Crippen MR) is 131 cm³/mol. The van der Waals surface area contributed by atoms with Gasteiger partial charge in [0.25, 0.3) is 5.91 Å². The minimum Gasteiger partial charge on any atom is -0.452 e. The van der Waals surface area contributed by atoms with Gasteiger partial charge in [0.2, 0.25) is 11.8 Å². The molecule has 0 unspecified atom stereocenters. The van der Waals surface area contributed by atoms with Crippen LogP contribution in [0.5, 0.6) is 0 Å². The summed E-state index contributed by atoms with van der Waals surface area (Å²) in [6.45, 7) is 1.19. The molecule has 9 heteroatoms. The molecule has 2 heterocycles. The Morgan fingerprint density at radius 2 is 1.76 bits per heavy atom. The van der Waals surface area contributed by atoms with Crippen molar-refractivity contribution < 1.29 is 28.4 Å². The monoisotopic (exact) mass is 499 g/mol. The third-order valence-corrected chi connectivity index (χ3v) is 7.83. The molecule has 5 atom stereocenters. The maximum Gasteiger partial charge on any atom is 0.338 e. The van der Waals surface area contributed by atoms with Gasteiger partial charge in [-0.05, 0) is 67.3 Å². The Bertz CT molecular complexity index is 1380. The zero-order valence-corrected chi connectivity index (χ0v) is 20.1. The second-order valence-corrected chi connectivity index (χ2v) is 9.97. The molecule has 188 valence electrons. The lowest BCUT2D eigenvalue weighted by atomic mass is 9.73. The van der Waals surface area contributed by atoms with Gasteiger partial charge in [0.05, 0.1) is 23.1 Å². The molecule has 1 saturated heterocycles. The van der Waals surface area contributed by atoms with Gasteiger partial charge in [-0.1, -0.05) is 35.5 Å². The zero-order valence-electron chi connectivity index (χ0n) is 20.1. The highest BCUT2D eigenvalue weighted by atomic mass is 16.5. The number of aryl methyl sites for hydroxylation is 1. The number of benzene rings is 2. The van der Waals surface area contributed by atoms with Crippen LogP contribution >= 0.6 is 0 Å². The molecule has 9 nitrogen and oxygen atoms in total. The lowest BCUT2D eigenvalue weighted by Gasteiger charge is -2.28. The molecule has 3 aromatic rings. The maximum absolute atomic E-state index is 13.5. The number of imide groups is 1. The van der Waals surface area contributed by atoms with Crippen molar-refractivity contribution in [1.29, 1.82) is 0 Å². The fourth-order valence-electron chi connectivity index (χ4n) is 6.36. The number of esters is 1. The number of carbonyl (C=O) groups is 4. The van der Waals surface area contributed by atoms with Gasteiger partial charge < -0.3 is 14.6 Å². The third kappa shape index (κ3) is 4.00. The molecule has 2 saturated carbocycles. The summed E-state index contributed by atoms with van der Waals surface area (Å²) >= 11 is 0. The molecule has 1 N–H and O–H groups in total. The van der Waals surface area contributed by atoms with E-state index in [1.165, 1.54) is 22.6 Å². The van der Waals surface area contributed by atoms with E-state index in [0.717, 1.165) is 12.8 Å². The summed E-state index contributed by atoms with van der Waals surface area (Å²) in [5.74, 6) is -0.676. The van der Waals surface area contributed by atoms with Crippen LogP contribution in [0, 0.1) is 30.6 Å². The standard InChI is InChI=1S/C28H25N3O6/c1-15-11-22(30-37-15)29-23(32)14-36-28(35)17-7-9-19(10-8-17)31-26(33)24-18-12-20(16-5-3-2-4-6-16)21(13-18)25(24)27(31)34/h2-11,18,20-21,24-25H,12-14H2,1H3,(H,29,30,32)/t18-,20-,21+,24+,25+/m0/s1. The van der Waals surface area contributed by atoms with Gasteiger partial charge in [0, 0.05) is 6.07 Å². The molecule has 3 aliphatic rings. The van der Waals surface area contributed by atoms with Crippen LogP contribution in [0.4, 0.5) is 11.5 Å². The summed E-state index contributed by atoms with van der Waals surface area (Å²) < 4.78 is 9.94. The first-order chi connectivity index (χ1) is 17.9. The Labute approximate surface area is 212 Å². The number of anilines is 2. The van der Waals surface area contributed by atoms with Crippen LogP contribution in [-0.4, -0.2) is 35.5 Å². The van der Waals surface area contributed by atoms with Gasteiger partial charge in [-0.3, -0.25) is 19.3 Å². The zero-order chi connectivity index (χ0) is 25.7. The van der Waals surface area contributed by atoms with Crippen molar-refractivity contribution in [3.8, 4) is 0 Å². The molecule has 1 aromatic heterocycles. The van der Waals surface area contributed by atoms with Crippen molar-refractivity contribution in [2.24, 2.45) is 23.7 Å². The predicted octanol–water partition coefficient (Wildman–Crippen LogP) is 3.71. The highest BCUT2D eigenvalue weighted by molar-refractivity contribution is 6.22. The van der Waals surface area contributed by atoms with E-state index in [-0.39, 0.29) is 46.9 Å². The molecule has 0 spiro atoms. The van der Waals surface area contributed by atoms with Crippen molar-refractivity contribution >= 4 is 35.2 Å². The highest BCUT2D eigenvalue weighted by Crippen LogP contribution is 2.61. The van der Waals surface area contributed by atoms with Gasteiger partial charge in [0.15, 0.2) is 12.4 Å². The summed E-state index contributed by atoms with van der Waals surface area (Å²) in [6, 6.07) is 17.9. The molecule has 0 radical (unpaired) electrons. The summed E-state index contributed by atoms with van der Waals surface area (Å²) in [5.41, 5.74) is 1.88. The lowest BCUT2D eigenvalue weighted by molar-refractivity contribution is -0.123. The quantitative estimate of drug-likeness (QED) is 0.406. The van der Waals surface area contributed by atoms with Gasteiger partial charge in [-0.2, -0.15) is 0 Å². The largest absolute Gasteiger partial charge is 0.452 e. The average molecular weight is 500 g/mol. The molecule has 2 aliphatic carbocycles. The van der Waals surface area contributed by atoms with E-state index in [9.17, 15) is 19.2 Å². The van der Waals surface area contributed by atoms with Gasteiger partial charge in [-0.15, -0.1) is 0 Å². The number of carbonyl (C=O) groups excluding carboxylic acids is 4. The van der Waals surface area contributed by atoms with Crippen LogP contribution in [0.1, 0.15) is 40.4 Å². The van der Waals surface area contributed by atoms with Gasteiger partial charge in [0.1, 0.15) is 5.76 Å². The van der Waals surface area contributed by atoms with E-state index in [1.807, 2.05) is 18.2 Å². The first-order valence-corrected chi connectivity index (χ1v) is 12.3. The lowest BCUT2D eigenvalue weighted by Crippen LogP contribution is -2.33. The van der Waals surface area contributed by atoms with Crippen LogP contribution in [0.2, 0.25) is 0 Å². The summed E-state index contributed by atoms with van der Waals surface area (Å²) in [4.78, 5) is 52.5. The smallest absolute Gasteiger partial charge is 0.338 e. The second kappa shape index (κ2) is 8.99. The van der Waals surface area contributed by atoms with Gasteiger partial charge in [-0.25, -0.2) is 4.79 Å². The van der Waals surface area contributed by atoms with E-state index in [2.05, 4.69) is 22.6 Å². The van der Waals surface area contributed by atoms with Crippen molar-refractivity contribution in [1.82, 2.24) is 5.16 Å². The van der Waals surface area contributed by atoms with Crippen molar-refractivity contribution in [3.05, 3.63) is 77.6 Å². The Morgan fingerprint density at radius 1 is 1.03 bits per heavy atom. The van der Waals surface area contributed by atoms with Crippen LogP contribution in [0.3, 0.4) is 0 Å². The molecule has 37 heavy (non-hydrogen) atoms. The number of nitrogens with one attached hydrogen (secondary N) is 1. The Hall–Kier alpha value is -4.27. The number of amides is 3. The molecule has 2 aromatic carbocycles. The van der Waals surface area contributed by atoms with E-state index in [0.29, 0.717) is 17.4 Å². The minimum absolute atomic E-state index is 0.149. The number of aromatic nitrogens is 1. The van der Waals surface area contributed by atoms with E-state index in [1.54, 1.807) is 25.1 Å². The fraction of sp³-hybridized carbons (Fsp3) is 0.321. The number of nitrogens with zero attached hydrogens (tertiary/aromatic N) is 2. The fourth-order valence-corrected chi connectivity index (χ4v) is 6.36. The van der Waals surface area contributed by atoms with Crippen LogP contribution < -0.4 is 10.2 Å². The van der Waals surface area contributed by atoms with Crippen LogP contribution in [0.25, 0.3) is 0 Å². The normalized spacial score (nSPS) is 25.9. The van der Waals surface area contributed by atoms with Crippen molar-refractivity contribution in [2.45, 2.75) is 25.7 Å². The molecule has 6 rings (SSSR count). The topological polar surface area (TPSA) is 119 Å². The Morgan fingerprint density at radius 3 is 2.46 bits per heavy atom. The SMILES string of the molecule is Cc1cc(NC(=O)COC(=O)c2ccc(N3C(=O)[C@@H]4[C@@H]5C[C@@H]([C@H]4C3=O)[C@H](c3ccccc3)C5)cc2)no1. The molecular weight excluding hydrogens is 474 g/mol. The molecule has 1 aliphatic heterocycles. The van der Waals surface area contributed by atoms with E-state index >= 15 is 0 Å². The minimum atomic E-state index is -0.697. The average Bonchev–Trinajstić information content (AvgIpc) is 3.67. The number of fused-ring (bicyclic) bond motifs is 5. The molecule has 3 amide bonds. The van der Waals surface area contributed by atoms with E-state index in [4.69, 9.17) is 9.26 Å². The van der Waals surface area contributed by atoms with E-state index < -0.39 is 18.5 Å². The summed E-state index contributed by atoms with van der Waals surface area (Å²) in [6.07, 6.45) is 1.84. The van der Waals surface area contributed by atoms with Crippen LogP contribution in [0.15, 0.2) is 65.2 Å². The maximum atomic E-state index is 13.5. The highest BCUT2D eigenvalue weighted by Gasteiger charge is 2.64. The van der Waals surface area contributed by atoms with Gasteiger partial charge >= 0.3 is 5.97 Å². The molecule has 2 bridgehead atoms. The number of hydrogen-bond acceptors (Lipinski definition) is 7. The third-order valence-electron chi connectivity index (χ3n) is 7.83. The molecular formula is C28H25N3O6. The summed E-state index contributed by atoms with van der Waals surface area (Å²) in [7, 11) is 0. The number of hydrogen-bond donors (Lipinski definition) is 1. The van der Waals surface area contributed by atoms with Crippen LogP contribution in [-0.2, 0) is 19.1 Å². The Balaban J connectivity index is 1.11.